The van der Waals surface area contributed by atoms with E-state index in [2.05, 4.69) is 10.6 Å². The highest BCUT2D eigenvalue weighted by Gasteiger charge is 2.26. The van der Waals surface area contributed by atoms with Crippen LogP contribution in [-0.4, -0.2) is 29.5 Å². The third kappa shape index (κ3) is 4.70. The van der Waals surface area contributed by atoms with E-state index in [-0.39, 0.29) is 13.0 Å². The Labute approximate surface area is 165 Å². The quantitative estimate of drug-likeness (QED) is 0.611. The lowest BCUT2D eigenvalue weighted by Gasteiger charge is -2.17. The third-order valence-corrected chi connectivity index (χ3v) is 4.17. The lowest BCUT2D eigenvalue weighted by Crippen LogP contribution is -2.41. The highest BCUT2D eigenvalue weighted by atomic mass is 16.5. The van der Waals surface area contributed by atoms with Crippen LogP contribution in [0.2, 0.25) is 0 Å². The predicted molar refractivity (Wildman–Crippen MR) is 103 cm³/mol. The number of carbonyl (C=O) groups excluding carboxylic acids is 3. The van der Waals surface area contributed by atoms with Gasteiger partial charge in [0, 0.05) is 19.2 Å². The number of aryl methyl sites for hydroxylation is 1. The Morgan fingerprint density at radius 3 is 2.48 bits per heavy atom. The molecule has 0 spiro atoms. The summed E-state index contributed by atoms with van der Waals surface area (Å²) in [5.74, 6) is -2.08. The molecule has 0 saturated heterocycles. The number of ether oxygens (including phenoxy) is 1. The van der Waals surface area contributed by atoms with Gasteiger partial charge in [-0.15, -0.1) is 0 Å². The van der Waals surface area contributed by atoms with Crippen LogP contribution >= 0.6 is 0 Å². The number of nitrogens with one attached hydrogen (secondary N) is 2. The first-order valence-corrected chi connectivity index (χ1v) is 8.85. The molecular formula is C20H19N3O6. The Morgan fingerprint density at radius 1 is 1.07 bits per heavy atom. The molecule has 9 nitrogen and oxygen atoms in total. The Balaban J connectivity index is 1.72. The van der Waals surface area contributed by atoms with Gasteiger partial charge in [0.15, 0.2) is 5.58 Å². The molecule has 0 aliphatic heterocycles. The molecule has 0 bridgehead atoms. The molecule has 1 atom stereocenters. The highest BCUT2D eigenvalue weighted by molar-refractivity contribution is 5.97. The molecule has 1 heterocycles. The van der Waals surface area contributed by atoms with E-state index in [9.17, 15) is 19.2 Å². The summed E-state index contributed by atoms with van der Waals surface area (Å²) in [6.45, 7) is 0.0211. The molecule has 3 amide bonds. The highest BCUT2D eigenvalue weighted by Crippen LogP contribution is 2.19. The minimum Gasteiger partial charge on any atom is -0.447 e. The minimum absolute atomic E-state index is 0.0211. The summed E-state index contributed by atoms with van der Waals surface area (Å²) in [7, 11) is 1.36. The number of hydrogen-bond donors (Lipinski definition) is 2. The topological polar surface area (TPSA) is 120 Å². The monoisotopic (exact) mass is 397 g/mol. The Kier molecular flexibility index (Phi) is 6.08. The molecule has 1 aromatic heterocycles. The number of imide groups is 1. The molecule has 9 heteroatoms. The Hall–Kier alpha value is -3.88. The summed E-state index contributed by atoms with van der Waals surface area (Å²) in [5.41, 5.74) is 1.38. The van der Waals surface area contributed by atoms with Crippen LogP contribution in [0, 0.1) is 0 Å². The van der Waals surface area contributed by atoms with Gasteiger partial charge in [0.1, 0.15) is 0 Å². The first-order valence-electron chi connectivity index (χ1n) is 8.85. The maximum absolute atomic E-state index is 12.4. The van der Waals surface area contributed by atoms with Crippen molar-refractivity contribution < 1.29 is 23.5 Å². The second-order valence-corrected chi connectivity index (χ2v) is 6.09. The van der Waals surface area contributed by atoms with Gasteiger partial charge in [-0.25, -0.2) is 9.59 Å². The fourth-order valence-electron chi connectivity index (χ4n) is 2.76. The van der Waals surface area contributed by atoms with Crippen LogP contribution in [0.5, 0.6) is 0 Å². The number of hydrogen-bond acceptors (Lipinski definition) is 6. The minimum atomic E-state index is -1.31. The van der Waals surface area contributed by atoms with Crippen molar-refractivity contribution in [3.8, 4) is 0 Å². The van der Waals surface area contributed by atoms with Crippen LogP contribution in [0.3, 0.4) is 0 Å². The van der Waals surface area contributed by atoms with Crippen molar-refractivity contribution in [2.24, 2.45) is 0 Å². The van der Waals surface area contributed by atoms with E-state index >= 15 is 0 Å². The van der Waals surface area contributed by atoms with Gasteiger partial charge in [0.25, 0.3) is 5.91 Å². The molecule has 2 aromatic carbocycles. The zero-order valence-electron chi connectivity index (χ0n) is 15.6. The molecule has 29 heavy (non-hydrogen) atoms. The molecule has 3 rings (SSSR count). The lowest BCUT2D eigenvalue weighted by molar-refractivity contribution is -0.156. The molecule has 0 saturated carbocycles. The number of benzene rings is 2. The lowest BCUT2D eigenvalue weighted by atomic mass is 10.1. The van der Waals surface area contributed by atoms with Crippen molar-refractivity contribution >= 4 is 29.0 Å². The Bertz CT molecular complexity index is 1090. The van der Waals surface area contributed by atoms with Gasteiger partial charge in [-0.05, 0) is 12.1 Å². The molecule has 3 aromatic rings. The van der Waals surface area contributed by atoms with Crippen molar-refractivity contribution in [3.05, 3.63) is 70.7 Å². The van der Waals surface area contributed by atoms with Crippen molar-refractivity contribution in [1.82, 2.24) is 15.2 Å². The molecule has 0 unspecified atom stereocenters. The largest absolute Gasteiger partial charge is 0.447 e. The first-order chi connectivity index (χ1) is 14.0. The van der Waals surface area contributed by atoms with Gasteiger partial charge < -0.3 is 14.5 Å². The number of aromatic nitrogens is 1. The van der Waals surface area contributed by atoms with Gasteiger partial charge in [-0.3, -0.25) is 19.5 Å². The van der Waals surface area contributed by atoms with Crippen LogP contribution in [-0.2, 0) is 20.9 Å². The number of esters is 1. The van der Waals surface area contributed by atoms with E-state index in [1.54, 1.807) is 54.6 Å². The SMILES string of the molecule is CNC(=O)NC(=O)[C@H](OC(=O)CCn1c(=O)oc2ccccc21)c1ccccc1. The number of nitrogens with zero attached hydrogens (tertiary/aromatic N) is 1. The van der Waals surface area contributed by atoms with Crippen molar-refractivity contribution in [1.29, 1.82) is 0 Å². The number of fused-ring (bicyclic) bond motifs is 1. The molecule has 0 aliphatic carbocycles. The number of urea groups is 1. The van der Waals surface area contributed by atoms with E-state index < -0.39 is 29.8 Å². The molecule has 0 fully saturated rings. The van der Waals surface area contributed by atoms with Crippen molar-refractivity contribution in [2.75, 3.05) is 7.05 Å². The molecular weight excluding hydrogens is 378 g/mol. The number of rotatable bonds is 6. The number of para-hydroxylation sites is 2. The third-order valence-electron chi connectivity index (χ3n) is 4.17. The van der Waals surface area contributed by atoms with Crippen LogP contribution < -0.4 is 16.4 Å². The van der Waals surface area contributed by atoms with Gasteiger partial charge in [-0.2, -0.15) is 0 Å². The molecule has 0 radical (unpaired) electrons. The summed E-state index contributed by atoms with van der Waals surface area (Å²) in [6, 6.07) is 14.4. The predicted octanol–water partition coefficient (Wildman–Crippen LogP) is 1.72. The van der Waals surface area contributed by atoms with E-state index in [1.165, 1.54) is 11.6 Å². The van der Waals surface area contributed by atoms with Crippen LogP contribution in [0.4, 0.5) is 4.79 Å². The molecule has 2 N–H and O–H groups in total. The van der Waals surface area contributed by atoms with Crippen molar-refractivity contribution in [2.45, 2.75) is 19.1 Å². The maximum atomic E-state index is 12.4. The number of carbonyl (C=O) groups is 3. The zero-order chi connectivity index (χ0) is 20.8. The maximum Gasteiger partial charge on any atom is 0.419 e. The van der Waals surface area contributed by atoms with Gasteiger partial charge >= 0.3 is 17.8 Å². The van der Waals surface area contributed by atoms with Crippen molar-refractivity contribution in [3.63, 3.8) is 0 Å². The number of amides is 3. The van der Waals surface area contributed by atoms with Crippen LogP contribution in [0.25, 0.3) is 11.1 Å². The van der Waals surface area contributed by atoms with E-state index in [0.717, 1.165) is 0 Å². The van der Waals surface area contributed by atoms with Gasteiger partial charge in [-0.1, -0.05) is 42.5 Å². The van der Waals surface area contributed by atoms with Gasteiger partial charge in [0.05, 0.1) is 11.9 Å². The molecule has 0 aliphatic rings. The fraction of sp³-hybridized carbons (Fsp3) is 0.200. The standard InChI is InChI=1S/C20H19N3O6/c1-21-19(26)22-18(25)17(13-7-3-2-4-8-13)29-16(24)11-12-23-14-9-5-6-10-15(14)28-20(23)27/h2-10,17H,11-12H2,1H3,(H2,21,22,25,26)/t17-/m1/s1. The average Bonchev–Trinajstić information content (AvgIpc) is 3.05. The number of oxazole rings is 1. The normalized spacial score (nSPS) is 11.6. The second-order valence-electron chi connectivity index (χ2n) is 6.09. The average molecular weight is 397 g/mol. The molecule has 150 valence electrons. The first kappa shape index (κ1) is 19.9. The summed E-state index contributed by atoms with van der Waals surface area (Å²) >= 11 is 0. The summed E-state index contributed by atoms with van der Waals surface area (Å²) < 4.78 is 11.8. The van der Waals surface area contributed by atoms with Crippen LogP contribution in [0.15, 0.2) is 63.8 Å². The van der Waals surface area contributed by atoms with Gasteiger partial charge in [0.2, 0.25) is 6.10 Å². The summed E-state index contributed by atoms with van der Waals surface area (Å²) in [6.07, 6.45) is -1.47. The second kappa shape index (κ2) is 8.87. The Morgan fingerprint density at radius 2 is 1.76 bits per heavy atom. The summed E-state index contributed by atoms with van der Waals surface area (Å²) in [5, 5.41) is 4.36. The summed E-state index contributed by atoms with van der Waals surface area (Å²) in [4.78, 5) is 48.2. The fourth-order valence-corrected chi connectivity index (χ4v) is 2.76. The smallest absolute Gasteiger partial charge is 0.419 e. The van der Waals surface area contributed by atoms with Crippen LogP contribution in [0.1, 0.15) is 18.1 Å². The zero-order valence-corrected chi connectivity index (χ0v) is 15.6. The van der Waals surface area contributed by atoms with E-state index in [1.807, 2.05) is 0 Å². The van der Waals surface area contributed by atoms with E-state index in [0.29, 0.717) is 16.7 Å². The van der Waals surface area contributed by atoms with E-state index in [4.69, 9.17) is 9.15 Å².